The molecule has 0 spiro atoms. The Bertz CT molecular complexity index is 562. The van der Waals surface area contributed by atoms with E-state index in [1.807, 2.05) is 0 Å². The predicted octanol–water partition coefficient (Wildman–Crippen LogP) is 1.06. The second kappa shape index (κ2) is 5.39. The van der Waals surface area contributed by atoms with Gasteiger partial charge in [0.1, 0.15) is 5.69 Å². The van der Waals surface area contributed by atoms with Crippen LogP contribution < -0.4 is 16.6 Å². The highest BCUT2D eigenvalue weighted by Crippen LogP contribution is 2.19. The van der Waals surface area contributed by atoms with Gasteiger partial charge in [-0.15, -0.1) is 0 Å². The van der Waals surface area contributed by atoms with Crippen LogP contribution in [0.5, 0.6) is 0 Å². The number of halogens is 1. The molecule has 2 aromatic rings. The van der Waals surface area contributed by atoms with Crippen LogP contribution >= 0.6 is 11.6 Å². The van der Waals surface area contributed by atoms with Crippen molar-refractivity contribution in [3.05, 3.63) is 41.6 Å². The molecule has 0 aliphatic rings. The molecule has 0 atom stereocenters. The number of hydrazine groups is 1. The Hall–Kier alpha value is -2.25. The summed E-state index contributed by atoms with van der Waals surface area (Å²) in [7, 11) is 0. The number of rotatable bonds is 3. The first-order chi connectivity index (χ1) is 8.70. The number of hydrogen-bond acceptors (Lipinski definition) is 6. The van der Waals surface area contributed by atoms with E-state index < -0.39 is 0 Å². The highest BCUT2D eigenvalue weighted by molar-refractivity contribution is 6.28. The molecule has 0 unspecified atom stereocenters. The number of pyridine rings is 1. The zero-order valence-corrected chi connectivity index (χ0v) is 9.85. The van der Waals surface area contributed by atoms with E-state index in [1.165, 1.54) is 12.4 Å². The van der Waals surface area contributed by atoms with Gasteiger partial charge in [0.25, 0.3) is 5.91 Å². The van der Waals surface area contributed by atoms with Crippen LogP contribution in [0.1, 0.15) is 10.4 Å². The fraction of sp³-hybridized carbons (Fsp3) is 0. The second-order valence-corrected chi connectivity index (χ2v) is 3.58. The van der Waals surface area contributed by atoms with Gasteiger partial charge < -0.3 is 10.7 Å². The van der Waals surface area contributed by atoms with E-state index in [0.29, 0.717) is 11.3 Å². The van der Waals surface area contributed by atoms with E-state index in [1.54, 1.807) is 18.3 Å². The first-order valence-electron chi connectivity index (χ1n) is 4.91. The SMILES string of the molecule is NNc1nc(Cl)ncc1NC(=O)c1cccnc1. The fourth-order valence-corrected chi connectivity index (χ4v) is 1.39. The Morgan fingerprint density at radius 1 is 1.39 bits per heavy atom. The lowest BCUT2D eigenvalue weighted by atomic mass is 10.2. The molecule has 0 radical (unpaired) electrons. The van der Waals surface area contributed by atoms with E-state index in [9.17, 15) is 4.79 Å². The number of aromatic nitrogens is 3. The maximum Gasteiger partial charge on any atom is 0.257 e. The maximum atomic E-state index is 11.9. The molecule has 18 heavy (non-hydrogen) atoms. The molecule has 0 aliphatic carbocycles. The summed E-state index contributed by atoms with van der Waals surface area (Å²) in [6.45, 7) is 0. The molecule has 2 heterocycles. The van der Waals surface area contributed by atoms with Crippen LogP contribution in [0.3, 0.4) is 0 Å². The van der Waals surface area contributed by atoms with Gasteiger partial charge in [0.05, 0.1) is 11.8 Å². The van der Waals surface area contributed by atoms with Crippen molar-refractivity contribution >= 4 is 29.0 Å². The van der Waals surface area contributed by atoms with E-state index >= 15 is 0 Å². The van der Waals surface area contributed by atoms with E-state index in [2.05, 4.69) is 25.7 Å². The molecule has 8 heteroatoms. The summed E-state index contributed by atoms with van der Waals surface area (Å²) < 4.78 is 0. The lowest BCUT2D eigenvalue weighted by Gasteiger charge is -2.08. The Balaban J connectivity index is 2.22. The average Bonchev–Trinajstić information content (AvgIpc) is 2.41. The third-order valence-corrected chi connectivity index (χ3v) is 2.25. The third-order valence-electron chi connectivity index (χ3n) is 2.07. The van der Waals surface area contributed by atoms with Gasteiger partial charge >= 0.3 is 0 Å². The highest BCUT2D eigenvalue weighted by atomic mass is 35.5. The van der Waals surface area contributed by atoms with Gasteiger partial charge in [0, 0.05) is 12.4 Å². The number of carbonyl (C=O) groups excluding carboxylic acids is 1. The predicted molar refractivity (Wildman–Crippen MR) is 67.0 cm³/mol. The minimum atomic E-state index is -0.342. The van der Waals surface area contributed by atoms with E-state index in [0.717, 1.165) is 0 Å². The van der Waals surface area contributed by atoms with Crippen LogP contribution in [-0.2, 0) is 0 Å². The van der Waals surface area contributed by atoms with Gasteiger partial charge in [-0.25, -0.2) is 10.8 Å². The van der Waals surface area contributed by atoms with Gasteiger partial charge in [-0.1, -0.05) is 0 Å². The molecule has 0 saturated heterocycles. The van der Waals surface area contributed by atoms with E-state index in [4.69, 9.17) is 17.4 Å². The van der Waals surface area contributed by atoms with Crippen molar-refractivity contribution in [3.8, 4) is 0 Å². The van der Waals surface area contributed by atoms with E-state index in [-0.39, 0.29) is 17.0 Å². The Morgan fingerprint density at radius 2 is 2.22 bits per heavy atom. The number of anilines is 2. The van der Waals surface area contributed by atoms with Crippen LogP contribution in [-0.4, -0.2) is 20.9 Å². The van der Waals surface area contributed by atoms with Crippen LogP contribution in [0, 0.1) is 0 Å². The first-order valence-corrected chi connectivity index (χ1v) is 5.29. The maximum absolute atomic E-state index is 11.9. The molecular weight excluding hydrogens is 256 g/mol. The monoisotopic (exact) mass is 264 g/mol. The van der Waals surface area contributed by atoms with Crippen LogP contribution in [0.15, 0.2) is 30.7 Å². The van der Waals surface area contributed by atoms with Crippen molar-refractivity contribution in [2.24, 2.45) is 5.84 Å². The number of nitrogen functional groups attached to an aromatic ring is 1. The molecule has 0 aromatic carbocycles. The quantitative estimate of drug-likeness (QED) is 0.435. The molecule has 2 rings (SSSR count). The minimum absolute atomic E-state index is 0.0299. The molecule has 2 aromatic heterocycles. The highest BCUT2D eigenvalue weighted by Gasteiger charge is 2.10. The van der Waals surface area contributed by atoms with Gasteiger partial charge in [0.2, 0.25) is 5.28 Å². The Kier molecular flexibility index (Phi) is 3.66. The van der Waals surface area contributed by atoms with Crippen LogP contribution in [0.2, 0.25) is 5.28 Å². The molecule has 4 N–H and O–H groups in total. The van der Waals surface area contributed by atoms with Crippen molar-refractivity contribution in [2.75, 3.05) is 10.7 Å². The number of carbonyl (C=O) groups is 1. The largest absolute Gasteiger partial charge is 0.317 e. The molecule has 7 nitrogen and oxygen atoms in total. The van der Waals surface area contributed by atoms with Crippen LogP contribution in [0.25, 0.3) is 0 Å². The summed E-state index contributed by atoms with van der Waals surface area (Å²) in [5.74, 6) is 5.16. The van der Waals surface area contributed by atoms with Crippen molar-refractivity contribution < 1.29 is 4.79 Å². The molecule has 92 valence electrons. The zero-order chi connectivity index (χ0) is 13.0. The Morgan fingerprint density at radius 3 is 2.89 bits per heavy atom. The number of nitrogens with one attached hydrogen (secondary N) is 2. The summed E-state index contributed by atoms with van der Waals surface area (Å²) in [4.78, 5) is 23.3. The van der Waals surface area contributed by atoms with Gasteiger partial charge in [-0.3, -0.25) is 9.78 Å². The van der Waals surface area contributed by atoms with Crippen molar-refractivity contribution in [2.45, 2.75) is 0 Å². The summed E-state index contributed by atoms with van der Waals surface area (Å²) >= 11 is 5.61. The molecule has 0 bridgehead atoms. The molecule has 0 aliphatic heterocycles. The van der Waals surface area contributed by atoms with Crippen molar-refractivity contribution in [1.82, 2.24) is 15.0 Å². The molecule has 1 amide bonds. The van der Waals surface area contributed by atoms with Gasteiger partial charge in [-0.05, 0) is 23.7 Å². The van der Waals surface area contributed by atoms with Crippen molar-refractivity contribution in [3.63, 3.8) is 0 Å². The number of nitrogens with zero attached hydrogens (tertiary/aromatic N) is 3. The standard InChI is InChI=1S/C10H9ClN6O/c11-10-14-5-7(8(16-10)17-12)15-9(18)6-2-1-3-13-4-6/h1-5H,12H2,(H,15,18)(H,14,16,17). The zero-order valence-electron chi connectivity index (χ0n) is 9.09. The number of hydrogen-bond donors (Lipinski definition) is 3. The number of nitrogens with two attached hydrogens (primary N) is 1. The second-order valence-electron chi connectivity index (χ2n) is 3.24. The normalized spacial score (nSPS) is 9.89. The minimum Gasteiger partial charge on any atom is -0.317 e. The first kappa shape index (κ1) is 12.2. The lowest BCUT2D eigenvalue weighted by Crippen LogP contribution is -2.17. The lowest BCUT2D eigenvalue weighted by molar-refractivity contribution is 0.102. The van der Waals surface area contributed by atoms with Crippen LogP contribution in [0.4, 0.5) is 11.5 Å². The summed E-state index contributed by atoms with van der Waals surface area (Å²) in [6.07, 6.45) is 4.38. The van der Waals surface area contributed by atoms with Gasteiger partial charge in [-0.2, -0.15) is 4.98 Å². The average molecular weight is 265 g/mol. The fourth-order valence-electron chi connectivity index (χ4n) is 1.25. The third kappa shape index (κ3) is 2.70. The summed E-state index contributed by atoms with van der Waals surface area (Å²) in [5, 5.41) is 2.63. The number of amides is 1. The summed E-state index contributed by atoms with van der Waals surface area (Å²) in [5.41, 5.74) is 3.07. The van der Waals surface area contributed by atoms with Crippen molar-refractivity contribution in [1.29, 1.82) is 0 Å². The Labute approximate surface area is 107 Å². The summed E-state index contributed by atoms with van der Waals surface area (Å²) in [6, 6.07) is 3.30. The smallest absolute Gasteiger partial charge is 0.257 e. The molecule has 0 fully saturated rings. The topological polar surface area (TPSA) is 106 Å². The van der Waals surface area contributed by atoms with Gasteiger partial charge in [0.15, 0.2) is 5.82 Å². The molecule has 0 saturated carbocycles. The molecular formula is C10H9ClN6O.